The molecule has 1 aliphatic rings. The van der Waals surface area contributed by atoms with Crippen molar-refractivity contribution >= 4 is 11.7 Å². The number of aryl methyl sites for hydroxylation is 2. The van der Waals surface area contributed by atoms with Gasteiger partial charge in [0.15, 0.2) is 0 Å². The van der Waals surface area contributed by atoms with Crippen LogP contribution in [0.25, 0.3) is 0 Å². The van der Waals surface area contributed by atoms with E-state index in [1.165, 1.54) is 6.42 Å². The summed E-state index contributed by atoms with van der Waals surface area (Å²) < 4.78 is 0. The van der Waals surface area contributed by atoms with Crippen molar-refractivity contribution in [3.63, 3.8) is 0 Å². The van der Waals surface area contributed by atoms with E-state index >= 15 is 0 Å². The first-order chi connectivity index (χ1) is 9.04. The van der Waals surface area contributed by atoms with Gasteiger partial charge in [-0.25, -0.2) is 9.97 Å². The maximum Gasteiger partial charge on any atom is 0.216 e. The van der Waals surface area contributed by atoms with Crippen LogP contribution in [0.3, 0.4) is 0 Å². The van der Waals surface area contributed by atoms with Crippen molar-refractivity contribution in [3.8, 4) is 0 Å². The van der Waals surface area contributed by atoms with Crippen molar-refractivity contribution in [2.75, 3.05) is 24.5 Å². The van der Waals surface area contributed by atoms with E-state index in [2.05, 4.69) is 20.2 Å². The highest BCUT2D eigenvalue weighted by Gasteiger charge is 2.21. The first kappa shape index (κ1) is 13.8. The molecular formula is C14H22N4O. The van der Waals surface area contributed by atoms with Crippen LogP contribution in [0.2, 0.25) is 0 Å². The highest BCUT2D eigenvalue weighted by molar-refractivity contribution is 5.72. The second-order valence-electron chi connectivity index (χ2n) is 5.31. The zero-order valence-electron chi connectivity index (χ0n) is 11.9. The monoisotopic (exact) mass is 262 g/mol. The molecule has 1 unspecified atom stereocenters. The molecule has 0 aromatic carbocycles. The lowest BCUT2D eigenvalue weighted by Crippen LogP contribution is -2.41. The fraction of sp³-hybridized carbons (Fsp3) is 0.643. The van der Waals surface area contributed by atoms with E-state index < -0.39 is 0 Å². The quantitative estimate of drug-likeness (QED) is 0.895. The summed E-state index contributed by atoms with van der Waals surface area (Å²) in [6, 6.07) is 2.04. The summed E-state index contributed by atoms with van der Waals surface area (Å²) in [6.45, 7) is 8.24. The van der Waals surface area contributed by atoms with E-state index in [4.69, 9.17) is 0 Å². The molecule has 0 saturated carbocycles. The molecule has 5 heteroatoms. The molecule has 1 N–H and O–H groups in total. The Kier molecular flexibility index (Phi) is 4.35. The van der Waals surface area contributed by atoms with E-state index in [0.29, 0.717) is 5.92 Å². The minimum absolute atomic E-state index is 0.0471. The van der Waals surface area contributed by atoms with Gasteiger partial charge in [-0.1, -0.05) is 0 Å². The number of amides is 1. The first-order valence-electron chi connectivity index (χ1n) is 6.86. The van der Waals surface area contributed by atoms with E-state index in [0.717, 1.165) is 43.4 Å². The molecule has 1 fully saturated rings. The SMILES string of the molecule is CC(=O)NCC1CCCN(c2cc(C)nc(C)n2)C1. The Bertz CT molecular complexity index is 441. The van der Waals surface area contributed by atoms with Gasteiger partial charge in [-0.3, -0.25) is 4.79 Å². The predicted octanol–water partition coefficient (Wildman–Crippen LogP) is 1.45. The fourth-order valence-electron chi connectivity index (χ4n) is 2.59. The molecule has 2 rings (SSSR count). The molecule has 0 spiro atoms. The number of hydrogen-bond acceptors (Lipinski definition) is 4. The van der Waals surface area contributed by atoms with Crippen LogP contribution in [0.1, 0.15) is 31.3 Å². The van der Waals surface area contributed by atoms with Crippen molar-refractivity contribution in [1.29, 1.82) is 0 Å². The first-order valence-corrected chi connectivity index (χ1v) is 6.86. The number of nitrogens with one attached hydrogen (secondary N) is 1. The van der Waals surface area contributed by atoms with Crippen LogP contribution in [0.15, 0.2) is 6.07 Å². The number of hydrogen-bond donors (Lipinski definition) is 1. The normalized spacial score (nSPS) is 19.3. The Morgan fingerprint density at radius 1 is 1.47 bits per heavy atom. The number of carbonyl (C=O) groups excluding carboxylic acids is 1. The van der Waals surface area contributed by atoms with Crippen LogP contribution in [-0.4, -0.2) is 35.5 Å². The van der Waals surface area contributed by atoms with Gasteiger partial charge in [0.25, 0.3) is 0 Å². The largest absolute Gasteiger partial charge is 0.356 e. The van der Waals surface area contributed by atoms with Gasteiger partial charge < -0.3 is 10.2 Å². The van der Waals surface area contributed by atoms with Gasteiger partial charge in [0.05, 0.1) is 0 Å². The lowest BCUT2D eigenvalue weighted by molar-refractivity contribution is -0.119. The summed E-state index contributed by atoms with van der Waals surface area (Å²) in [5.74, 6) is 2.38. The van der Waals surface area contributed by atoms with Gasteiger partial charge in [0, 0.05) is 38.3 Å². The molecule has 1 aromatic heterocycles. The van der Waals surface area contributed by atoms with Gasteiger partial charge >= 0.3 is 0 Å². The molecule has 1 aliphatic heterocycles. The summed E-state index contributed by atoms with van der Waals surface area (Å²) in [5.41, 5.74) is 1.01. The maximum absolute atomic E-state index is 11.0. The molecule has 0 bridgehead atoms. The van der Waals surface area contributed by atoms with E-state index in [9.17, 15) is 4.79 Å². The fourth-order valence-corrected chi connectivity index (χ4v) is 2.59. The van der Waals surface area contributed by atoms with Crippen molar-refractivity contribution in [1.82, 2.24) is 15.3 Å². The lowest BCUT2D eigenvalue weighted by atomic mass is 9.98. The zero-order chi connectivity index (χ0) is 13.8. The average molecular weight is 262 g/mol. The standard InChI is InChI=1S/C14H22N4O/c1-10-7-14(17-11(2)16-10)18-6-4-5-13(9-18)8-15-12(3)19/h7,13H,4-6,8-9H2,1-3H3,(H,15,19). The smallest absolute Gasteiger partial charge is 0.216 e. The number of aromatic nitrogens is 2. The van der Waals surface area contributed by atoms with Crippen LogP contribution >= 0.6 is 0 Å². The topological polar surface area (TPSA) is 58.1 Å². The number of piperidine rings is 1. The molecule has 2 heterocycles. The highest BCUT2D eigenvalue weighted by Crippen LogP contribution is 2.21. The molecule has 0 radical (unpaired) electrons. The van der Waals surface area contributed by atoms with Gasteiger partial charge in [0.1, 0.15) is 11.6 Å². The maximum atomic E-state index is 11.0. The van der Waals surface area contributed by atoms with E-state index in [-0.39, 0.29) is 5.91 Å². The summed E-state index contributed by atoms with van der Waals surface area (Å²) in [7, 11) is 0. The molecule has 5 nitrogen and oxygen atoms in total. The number of rotatable bonds is 3. The van der Waals surface area contributed by atoms with Gasteiger partial charge in [-0.15, -0.1) is 0 Å². The van der Waals surface area contributed by atoms with Crippen LogP contribution in [0.4, 0.5) is 5.82 Å². The van der Waals surface area contributed by atoms with Crippen LogP contribution in [0.5, 0.6) is 0 Å². The third-order valence-corrected chi connectivity index (χ3v) is 3.44. The Morgan fingerprint density at radius 3 is 2.95 bits per heavy atom. The zero-order valence-corrected chi connectivity index (χ0v) is 11.9. The van der Waals surface area contributed by atoms with Gasteiger partial charge in [-0.05, 0) is 32.6 Å². The van der Waals surface area contributed by atoms with Crippen molar-refractivity contribution in [2.24, 2.45) is 5.92 Å². The van der Waals surface area contributed by atoms with Crippen molar-refractivity contribution in [3.05, 3.63) is 17.6 Å². The molecule has 1 saturated heterocycles. The second kappa shape index (κ2) is 5.99. The van der Waals surface area contributed by atoms with E-state index in [1.54, 1.807) is 6.92 Å². The molecule has 1 atom stereocenters. The summed E-state index contributed by atoms with van der Waals surface area (Å²) in [6.07, 6.45) is 2.31. The Morgan fingerprint density at radius 2 is 2.26 bits per heavy atom. The molecule has 1 amide bonds. The van der Waals surface area contributed by atoms with Gasteiger partial charge in [-0.2, -0.15) is 0 Å². The number of anilines is 1. The summed E-state index contributed by atoms with van der Waals surface area (Å²) in [5, 5.41) is 2.91. The summed E-state index contributed by atoms with van der Waals surface area (Å²) >= 11 is 0. The van der Waals surface area contributed by atoms with Crippen LogP contribution in [-0.2, 0) is 4.79 Å². The molecule has 0 aliphatic carbocycles. The van der Waals surface area contributed by atoms with E-state index in [1.807, 2.05) is 19.9 Å². The molecule has 19 heavy (non-hydrogen) atoms. The third-order valence-electron chi connectivity index (χ3n) is 3.44. The Labute approximate surface area is 114 Å². The van der Waals surface area contributed by atoms with Crippen molar-refractivity contribution in [2.45, 2.75) is 33.6 Å². The van der Waals surface area contributed by atoms with Crippen LogP contribution in [0, 0.1) is 19.8 Å². The number of carbonyl (C=O) groups is 1. The lowest BCUT2D eigenvalue weighted by Gasteiger charge is -2.33. The predicted molar refractivity (Wildman–Crippen MR) is 75.1 cm³/mol. The molecule has 1 aromatic rings. The average Bonchev–Trinajstić information content (AvgIpc) is 2.35. The highest BCUT2D eigenvalue weighted by atomic mass is 16.1. The third kappa shape index (κ3) is 3.91. The second-order valence-corrected chi connectivity index (χ2v) is 5.31. The van der Waals surface area contributed by atoms with Crippen molar-refractivity contribution < 1.29 is 4.79 Å². The number of nitrogens with zero attached hydrogens (tertiary/aromatic N) is 3. The molecule has 104 valence electrons. The Balaban J connectivity index is 2.02. The minimum atomic E-state index is 0.0471. The summed E-state index contributed by atoms with van der Waals surface area (Å²) in [4.78, 5) is 22.1. The Hall–Kier alpha value is -1.65. The van der Waals surface area contributed by atoms with Crippen LogP contribution < -0.4 is 10.2 Å². The minimum Gasteiger partial charge on any atom is -0.356 e. The van der Waals surface area contributed by atoms with Gasteiger partial charge in [0.2, 0.25) is 5.91 Å². The molecular weight excluding hydrogens is 240 g/mol.